The van der Waals surface area contributed by atoms with E-state index in [2.05, 4.69) is 13.8 Å². The van der Waals surface area contributed by atoms with Crippen molar-refractivity contribution in [3.63, 3.8) is 0 Å². The first-order valence-electron chi connectivity index (χ1n) is 8.72. The summed E-state index contributed by atoms with van der Waals surface area (Å²) in [4.78, 5) is 24.1. The summed E-state index contributed by atoms with van der Waals surface area (Å²) in [6.07, 6.45) is 10.2. The van der Waals surface area contributed by atoms with Gasteiger partial charge in [-0.3, -0.25) is 9.59 Å². The van der Waals surface area contributed by atoms with Gasteiger partial charge in [0.15, 0.2) is 5.78 Å². The van der Waals surface area contributed by atoms with E-state index in [0.29, 0.717) is 29.3 Å². The van der Waals surface area contributed by atoms with Crippen LogP contribution < -0.4 is 0 Å². The van der Waals surface area contributed by atoms with Crippen LogP contribution >= 0.6 is 0 Å². The van der Waals surface area contributed by atoms with E-state index < -0.39 is 0 Å². The topological polar surface area (TPSA) is 34.1 Å². The van der Waals surface area contributed by atoms with E-state index in [-0.39, 0.29) is 10.8 Å². The summed E-state index contributed by atoms with van der Waals surface area (Å²) in [6.45, 7) is 4.64. The molecule has 0 heterocycles. The second-order valence-corrected chi connectivity index (χ2v) is 8.39. The molecule has 4 aliphatic rings. The van der Waals surface area contributed by atoms with Crippen molar-refractivity contribution in [2.75, 3.05) is 0 Å². The first kappa shape index (κ1) is 13.7. The second-order valence-electron chi connectivity index (χ2n) is 8.39. The molecule has 0 radical (unpaired) electrons. The molecule has 0 bridgehead atoms. The first-order chi connectivity index (χ1) is 9.95. The van der Waals surface area contributed by atoms with Crippen LogP contribution in [0.15, 0.2) is 11.6 Å². The van der Waals surface area contributed by atoms with Gasteiger partial charge in [0, 0.05) is 18.3 Å². The standard InChI is InChI=1S/C19H26O2/c1-18-9-7-13(20)11-12(18)3-4-14-15-5-6-17(21)19(15,2)10-8-16(14)18/h11,14-16H,3-10H2,1-2H3/t14-,15-,16+,18+,19-/m0/s1. The van der Waals surface area contributed by atoms with Gasteiger partial charge in [0.05, 0.1) is 0 Å². The lowest BCUT2D eigenvalue weighted by molar-refractivity contribution is -0.132. The molecule has 0 aromatic rings. The SMILES string of the molecule is C[C@@]12CCC(=O)C=C1CC[C@@H]1[C@H]2CC[C@]2(C)C(=O)CC[C@@H]12. The molecular weight excluding hydrogens is 260 g/mol. The number of rotatable bonds is 0. The van der Waals surface area contributed by atoms with Crippen LogP contribution in [0.1, 0.15) is 65.2 Å². The minimum atomic E-state index is -0.0246. The van der Waals surface area contributed by atoms with Gasteiger partial charge in [0.2, 0.25) is 0 Å². The predicted octanol–water partition coefficient (Wildman–Crippen LogP) is 4.09. The minimum Gasteiger partial charge on any atom is -0.299 e. The van der Waals surface area contributed by atoms with Crippen LogP contribution in [-0.4, -0.2) is 11.6 Å². The molecule has 0 saturated heterocycles. The van der Waals surface area contributed by atoms with Crippen molar-refractivity contribution >= 4 is 11.6 Å². The number of hydrogen-bond donors (Lipinski definition) is 0. The summed E-state index contributed by atoms with van der Waals surface area (Å²) in [5.41, 5.74) is 1.64. The second kappa shape index (κ2) is 4.30. The van der Waals surface area contributed by atoms with Crippen LogP contribution in [0.4, 0.5) is 0 Å². The molecule has 114 valence electrons. The maximum atomic E-state index is 12.4. The third kappa shape index (κ3) is 1.71. The Balaban J connectivity index is 1.70. The molecular formula is C19H26O2. The van der Waals surface area contributed by atoms with Crippen LogP contribution in [0.2, 0.25) is 0 Å². The smallest absolute Gasteiger partial charge is 0.155 e. The molecule has 3 saturated carbocycles. The van der Waals surface area contributed by atoms with Gasteiger partial charge in [-0.1, -0.05) is 19.4 Å². The molecule has 0 amide bonds. The van der Waals surface area contributed by atoms with E-state index in [9.17, 15) is 9.59 Å². The molecule has 21 heavy (non-hydrogen) atoms. The lowest BCUT2D eigenvalue weighted by Crippen LogP contribution is -2.50. The number of carbonyl (C=O) groups excluding carboxylic acids is 2. The molecule has 0 aromatic carbocycles. The highest BCUT2D eigenvalue weighted by molar-refractivity contribution is 5.91. The highest BCUT2D eigenvalue weighted by atomic mass is 16.1. The zero-order valence-corrected chi connectivity index (χ0v) is 13.3. The average Bonchev–Trinajstić information content (AvgIpc) is 2.76. The van der Waals surface area contributed by atoms with Crippen molar-refractivity contribution in [2.24, 2.45) is 28.6 Å². The highest BCUT2D eigenvalue weighted by Gasteiger charge is 2.58. The van der Waals surface area contributed by atoms with Gasteiger partial charge in [0.1, 0.15) is 5.78 Å². The number of ketones is 2. The zero-order valence-electron chi connectivity index (χ0n) is 13.3. The van der Waals surface area contributed by atoms with Gasteiger partial charge in [-0.05, 0) is 67.8 Å². The number of hydrogen-bond acceptors (Lipinski definition) is 2. The quantitative estimate of drug-likeness (QED) is 0.672. The molecule has 5 atom stereocenters. The maximum Gasteiger partial charge on any atom is 0.155 e. The number of Topliss-reactive ketones (excluding diaryl/α,β-unsaturated/α-hetero) is 1. The summed E-state index contributed by atoms with van der Waals surface area (Å²) in [5, 5.41) is 0. The summed E-state index contributed by atoms with van der Waals surface area (Å²) >= 11 is 0. The summed E-state index contributed by atoms with van der Waals surface area (Å²) in [5.74, 6) is 2.88. The van der Waals surface area contributed by atoms with Gasteiger partial charge < -0.3 is 0 Å². The molecule has 0 N–H and O–H groups in total. The zero-order chi connectivity index (χ0) is 14.8. The van der Waals surface area contributed by atoms with Crippen LogP contribution in [0.3, 0.4) is 0 Å². The van der Waals surface area contributed by atoms with Crippen molar-refractivity contribution in [3.05, 3.63) is 11.6 Å². The molecule has 3 fully saturated rings. The van der Waals surface area contributed by atoms with Crippen molar-refractivity contribution in [1.29, 1.82) is 0 Å². The van der Waals surface area contributed by atoms with Crippen molar-refractivity contribution in [3.8, 4) is 0 Å². The first-order valence-corrected chi connectivity index (χ1v) is 8.72. The number of carbonyl (C=O) groups is 2. The van der Waals surface area contributed by atoms with Gasteiger partial charge in [-0.2, -0.15) is 0 Å². The van der Waals surface area contributed by atoms with E-state index in [1.807, 2.05) is 6.08 Å². The Morgan fingerprint density at radius 3 is 2.48 bits per heavy atom. The fourth-order valence-electron chi connectivity index (χ4n) is 6.33. The Bertz CT molecular complexity index is 546. The number of fused-ring (bicyclic) bond motifs is 5. The molecule has 2 nitrogen and oxygen atoms in total. The van der Waals surface area contributed by atoms with Crippen molar-refractivity contribution in [2.45, 2.75) is 65.2 Å². The van der Waals surface area contributed by atoms with Crippen LogP contribution in [0.25, 0.3) is 0 Å². The Labute approximate surface area is 127 Å². The van der Waals surface area contributed by atoms with Crippen molar-refractivity contribution < 1.29 is 9.59 Å². The van der Waals surface area contributed by atoms with Crippen LogP contribution in [0, 0.1) is 28.6 Å². The summed E-state index contributed by atoms with van der Waals surface area (Å²) in [7, 11) is 0. The van der Waals surface area contributed by atoms with Crippen molar-refractivity contribution in [1.82, 2.24) is 0 Å². The van der Waals surface area contributed by atoms with E-state index >= 15 is 0 Å². The monoisotopic (exact) mass is 286 g/mol. The molecule has 2 heteroatoms. The predicted molar refractivity (Wildman–Crippen MR) is 81.7 cm³/mol. The lowest BCUT2D eigenvalue weighted by Gasteiger charge is -2.56. The molecule has 4 rings (SSSR count). The summed E-state index contributed by atoms with van der Waals surface area (Å²) in [6, 6.07) is 0. The fraction of sp³-hybridized carbons (Fsp3) is 0.789. The molecule has 4 aliphatic carbocycles. The largest absolute Gasteiger partial charge is 0.299 e. The van der Waals surface area contributed by atoms with Gasteiger partial charge in [-0.25, -0.2) is 0 Å². The van der Waals surface area contributed by atoms with Gasteiger partial charge in [0.25, 0.3) is 0 Å². The van der Waals surface area contributed by atoms with E-state index in [4.69, 9.17) is 0 Å². The van der Waals surface area contributed by atoms with Crippen LogP contribution in [0.5, 0.6) is 0 Å². The van der Waals surface area contributed by atoms with Gasteiger partial charge in [-0.15, -0.1) is 0 Å². The normalized spacial score (nSPS) is 49.2. The third-order valence-electron chi connectivity index (χ3n) is 7.67. The number of allylic oxidation sites excluding steroid dienone is 1. The van der Waals surface area contributed by atoms with Gasteiger partial charge >= 0.3 is 0 Å². The Morgan fingerprint density at radius 2 is 1.67 bits per heavy atom. The Hall–Kier alpha value is -0.920. The maximum absolute atomic E-state index is 12.4. The highest BCUT2D eigenvalue weighted by Crippen LogP contribution is 2.64. The van der Waals surface area contributed by atoms with E-state index in [0.717, 1.165) is 38.5 Å². The Kier molecular flexibility index (Phi) is 2.81. The fourth-order valence-corrected chi connectivity index (χ4v) is 6.33. The van der Waals surface area contributed by atoms with E-state index in [1.165, 1.54) is 18.4 Å². The summed E-state index contributed by atoms with van der Waals surface area (Å²) < 4.78 is 0. The lowest BCUT2D eigenvalue weighted by atomic mass is 9.47. The molecule has 0 unspecified atom stereocenters. The molecule has 0 aromatic heterocycles. The van der Waals surface area contributed by atoms with E-state index in [1.54, 1.807) is 0 Å². The average molecular weight is 286 g/mol. The minimum absolute atomic E-state index is 0.0246. The third-order valence-corrected chi connectivity index (χ3v) is 7.67. The van der Waals surface area contributed by atoms with Crippen LogP contribution in [-0.2, 0) is 9.59 Å². The molecule has 0 aliphatic heterocycles. The Morgan fingerprint density at radius 1 is 0.905 bits per heavy atom. The molecule has 0 spiro atoms.